The third-order valence-electron chi connectivity index (χ3n) is 10.5. The van der Waals surface area contributed by atoms with E-state index in [1.807, 2.05) is 4.90 Å². The fraction of sp³-hybridized carbons (Fsp3) is 0.531. The monoisotopic (exact) mass is 634 g/mol. The molecule has 2 atom stereocenters. The van der Waals surface area contributed by atoms with Crippen LogP contribution < -0.4 is 9.64 Å². The van der Waals surface area contributed by atoms with Gasteiger partial charge in [-0.3, -0.25) is 19.8 Å². The highest BCUT2D eigenvalue weighted by atomic mass is 35.5. The molecule has 11 nitrogen and oxygen atoms in total. The maximum absolute atomic E-state index is 16.7. The third kappa shape index (κ3) is 4.88. The summed E-state index contributed by atoms with van der Waals surface area (Å²) in [5.41, 5.74) is 1.48. The van der Waals surface area contributed by atoms with Crippen molar-refractivity contribution in [1.29, 1.82) is 0 Å². The van der Waals surface area contributed by atoms with E-state index in [2.05, 4.69) is 30.0 Å². The Morgan fingerprint density at radius 1 is 1.11 bits per heavy atom. The molecule has 236 valence electrons. The lowest BCUT2D eigenvalue weighted by Crippen LogP contribution is -2.51. The normalized spacial score (nSPS) is 22.8. The minimum absolute atomic E-state index is 0.00945. The van der Waals surface area contributed by atoms with Gasteiger partial charge in [-0.2, -0.15) is 15.1 Å². The van der Waals surface area contributed by atoms with Gasteiger partial charge in [0.15, 0.2) is 5.82 Å². The molecule has 0 saturated carbocycles. The van der Waals surface area contributed by atoms with Crippen molar-refractivity contribution >= 4 is 45.1 Å². The minimum atomic E-state index is -0.569. The van der Waals surface area contributed by atoms with Crippen molar-refractivity contribution in [3.05, 3.63) is 35.4 Å². The van der Waals surface area contributed by atoms with Crippen LogP contribution in [0.5, 0.6) is 6.01 Å². The number of likely N-dealkylation sites (tertiary alicyclic amines) is 1. The first kappa shape index (κ1) is 28.8. The molecule has 4 saturated heterocycles. The molecule has 0 aliphatic carbocycles. The molecule has 0 radical (unpaired) electrons. The van der Waals surface area contributed by atoms with Crippen molar-refractivity contribution in [3.63, 3.8) is 0 Å². The summed E-state index contributed by atoms with van der Waals surface area (Å²) in [5, 5.41) is 8.69. The number of nitrogens with zero attached hydrogens (tertiary/aromatic N) is 7. The van der Waals surface area contributed by atoms with Gasteiger partial charge >= 0.3 is 6.01 Å². The van der Waals surface area contributed by atoms with E-state index in [0.717, 1.165) is 58.2 Å². The van der Waals surface area contributed by atoms with E-state index in [0.29, 0.717) is 58.3 Å². The molecule has 13 heteroatoms. The van der Waals surface area contributed by atoms with E-state index >= 15 is 4.39 Å². The minimum Gasteiger partial charge on any atom is -0.461 e. The zero-order valence-electron chi connectivity index (χ0n) is 25.3. The Bertz CT molecular complexity index is 1770. The van der Waals surface area contributed by atoms with Gasteiger partial charge in [-0.15, -0.1) is 0 Å². The molecule has 1 aromatic carbocycles. The molecule has 2 unspecified atom stereocenters. The van der Waals surface area contributed by atoms with Crippen LogP contribution in [-0.2, 0) is 9.53 Å². The number of pyridine rings is 1. The van der Waals surface area contributed by atoms with Gasteiger partial charge in [0.2, 0.25) is 5.91 Å². The van der Waals surface area contributed by atoms with Crippen LogP contribution in [0.25, 0.3) is 33.1 Å². The zero-order chi connectivity index (χ0) is 30.7. The van der Waals surface area contributed by atoms with Gasteiger partial charge in [-0.1, -0.05) is 11.6 Å². The number of carbonyl (C=O) groups excluding carboxylic acids is 1. The number of anilines is 1. The van der Waals surface area contributed by atoms with E-state index in [1.165, 1.54) is 0 Å². The van der Waals surface area contributed by atoms with Gasteiger partial charge in [-0.05, 0) is 69.7 Å². The zero-order valence-corrected chi connectivity index (χ0v) is 26.0. The molecule has 45 heavy (non-hydrogen) atoms. The lowest BCUT2D eigenvalue weighted by Gasteiger charge is -2.39. The molecule has 4 aliphatic rings. The summed E-state index contributed by atoms with van der Waals surface area (Å²) in [6.07, 6.45) is 9.59. The first-order valence-corrected chi connectivity index (χ1v) is 16.2. The Kier molecular flexibility index (Phi) is 7.26. The van der Waals surface area contributed by atoms with E-state index in [9.17, 15) is 4.79 Å². The van der Waals surface area contributed by atoms with Crippen molar-refractivity contribution in [3.8, 4) is 17.3 Å². The SMILES string of the molecule is COCC(=O)N1CCC2CCN(c3nc(OCC45CCCN4CCC5)nc4c(F)c(-c5cc(Cl)cc6[nH]ncc56)ncc34)CC21. The molecule has 4 aliphatic heterocycles. The first-order valence-electron chi connectivity index (χ1n) is 15.8. The quantitative estimate of drug-likeness (QED) is 0.315. The Balaban J connectivity index is 1.21. The molecule has 4 fully saturated rings. The van der Waals surface area contributed by atoms with Crippen LogP contribution in [0, 0.1) is 11.7 Å². The van der Waals surface area contributed by atoms with Crippen molar-refractivity contribution in [2.24, 2.45) is 5.92 Å². The summed E-state index contributed by atoms with van der Waals surface area (Å²) in [6, 6.07) is 3.63. The topological polar surface area (TPSA) is 113 Å². The highest BCUT2D eigenvalue weighted by molar-refractivity contribution is 6.31. The van der Waals surface area contributed by atoms with Gasteiger partial charge in [0.1, 0.15) is 30.2 Å². The summed E-state index contributed by atoms with van der Waals surface area (Å²) < 4.78 is 28.2. The Morgan fingerprint density at radius 2 is 1.93 bits per heavy atom. The fourth-order valence-corrected chi connectivity index (χ4v) is 8.45. The second-order valence-corrected chi connectivity index (χ2v) is 13.3. The van der Waals surface area contributed by atoms with Crippen LogP contribution in [0.15, 0.2) is 24.5 Å². The lowest BCUT2D eigenvalue weighted by molar-refractivity contribution is -0.136. The number of hydrogen-bond donors (Lipinski definition) is 1. The number of aromatic nitrogens is 5. The summed E-state index contributed by atoms with van der Waals surface area (Å²) in [6.45, 7) is 4.69. The second-order valence-electron chi connectivity index (χ2n) is 12.9. The predicted octanol–water partition coefficient (Wildman–Crippen LogP) is 4.44. The number of nitrogens with one attached hydrogen (secondary N) is 1. The van der Waals surface area contributed by atoms with Gasteiger partial charge < -0.3 is 19.3 Å². The average Bonchev–Trinajstić information content (AvgIpc) is 3.83. The molecule has 3 aromatic heterocycles. The number of ether oxygens (including phenoxy) is 2. The van der Waals surface area contributed by atoms with Gasteiger partial charge in [-0.25, -0.2) is 4.39 Å². The number of halogens is 2. The highest BCUT2D eigenvalue weighted by Gasteiger charge is 2.45. The highest BCUT2D eigenvalue weighted by Crippen LogP contribution is 2.41. The number of piperidine rings is 1. The summed E-state index contributed by atoms with van der Waals surface area (Å²) >= 11 is 6.41. The van der Waals surface area contributed by atoms with E-state index in [-0.39, 0.29) is 41.3 Å². The number of carbonyl (C=O) groups is 1. The van der Waals surface area contributed by atoms with Crippen molar-refractivity contribution in [1.82, 2.24) is 34.9 Å². The van der Waals surface area contributed by atoms with Crippen LogP contribution in [0.1, 0.15) is 38.5 Å². The van der Waals surface area contributed by atoms with Crippen LogP contribution in [-0.4, -0.2) is 105 Å². The number of amides is 1. The Hall–Kier alpha value is -3.61. The molecule has 8 rings (SSSR count). The van der Waals surface area contributed by atoms with Crippen molar-refractivity contribution in [2.45, 2.75) is 50.1 Å². The van der Waals surface area contributed by atoms with E-state index < -0.39 is 5.82 Å². The molecule has 4 aromatic rings. The maximum atomic E-state index is 16.7. The number of rotatable bonds is 7. The van der Waals surface area contributed by atoms with Gasteiger partial charge in [0.05, 0.1) is 28.7 Å². The largest absolute Gasteiger partial charge is 0.461 e. The third-order valence-corrected chi connectivity index (χ3v) is 10.7. The molecular formula is C32H36ClFN8O3. The summed E-state index contributed by atoms with van der Waals surface area (Å²) in [5.74, 6) is 0.399. The molecule has 1 N–H and O–H groups in total. The number of benzene rings is 1. The van der Waals surface area contributed by atoms with Crippen LogP contribution in [0.3, 0.4) is 0 Å². The number of H-pyrrole nitrogens is 1. The Labute approximate surface area is 265 Å². The summed E-state index contributed by atoms with van der Waals surface area (Å²) in [4.78, 5) is 33.7. The van der Waals surface area contributed by atoms with Crippen molar-refractivity contribution < 1.29 is 18.7 Å². The fourth-order valence-electron chi connectivity index (χ4n) is 8.24. The number of fused-ring (bicyclic) bond motifs is 4. The van der Waals surface area contributed by atoms with Crippen LogP contribution >= 0.6 is 11.6 Å². The standard InChI is InChI=1S/C32H36ClFN8O3/c1-44-17-26(43)42-11-5-19-4-10-40(16-25(19)42)30-23-14-35-28(21-12-20(33)13-24-22(21)15-36-39-24)27(34)29(23)37-31(38-30)45-18-32-6-2-8-41(32)9-3-7-32/h12-15,19,25H,2-11,16-18H2,1H3,(H,36,39). The number of aromatic amines is 1. The molecule has 0 bridgehead atoms. The van der Waals surface area contributed by atoms with E-state index in [1.54, 1.807) is 31.6 Å². The smallest absolute Gasteiger partial charge is 0.319 e. The average molecular weight is 635 g/mol. The molecule has 0 spiro atoms. The first-order chi connectivity index (χ1) is 21.9. The maximum Gasteiger partial charge on any atom is 0.319 e. The lowest BCUT2D eigenvalue weighted by atomic mass is 9.92. The van der Waals surface area contributed by atoms with Gasteiger partial charge in [0.25, 0.3) is 0 Å². The predicted molar refractivity (Wildman–Crippen MR) is 168 cm³/mol. The van der Waals surface area contributed by atoms with Crippen molar-refractivity contribution in [2.75, 3.05) is 57.9 Å². The number of methoxy groups -OCH3 is 1. The van der Waals surface area contributed by atoms with Crippen LogP contribution in [0.4, 0.5) is 10.2 Å². The molecule has 1 amide bonds. The van der Waals surface area contributed by atoms with Gasteiger partial charge in [0, 0.05) is 48.9 Å². The van der Waals surface area contributed by atoms with Crippen LogP contribution in [0.2, 0.25) is 5.02 Å². The second kappa shape index (κ2) is 11.3. The number of hydrogen-bond acceptors (Lipinski definition) is 9. The Morgan fingerprint density at radius 3 is 2.76 bits per heavy atom. The van der Waals surface area contributed by atoms with E-state index in [4.69, 9.17) is 26.1 Å². The molecule has 7 heterocycles. The summed E-state index contributed by atoms with van der Waals surface area (Å²) in [7, 11) is 1.54. The molecular weight excluding hydrogens is 599 g/mol.